The topological polar surface area (TPSA) is 80.4 Å². The van der Waals surface area contributed by atoms with Gasteiger partial charge in [-0.2, -0.15) is 0 Å². The summed E-state index contributed by atoms with van der Waals surface area (Å²) < 4.78 is 7.39. The molecule has 0 spiro atoms. The van der Waals surface area contributed by atoms with Crippen LogP contribution in [-0.2, 0) is 29.1 Å². The molecule has 32 heavy (non-hydrogen) atoms. The Morgan fingerprint density at radius 1 is 1.16 bits per heavy atom. The second kappa shape index (κ2) is 7.49. The second-order valence-corrected chi connectivity index (χ2v) is 10.7. The zero-order chi connectivity index (χ0) is 21.9. The molecule has 2 aromatic rings. The first-order valence-electron chi connectivity index (χ1n) is 12.2. The van der Waals surface area contributed by atoms with Crippen LogP contribution in [0.25, 0.3) is 0 Å². The third-order valence-electron chi connectivity index (χ3n) is 8.41. The molecule has 7 nitrogen and oxygen atoms in total. The molecule has 2 aromatic heterocycles. The molecule has 4 bridgehead atoms. The molecule has 4 saturated carbocycles. The molecule has 1 unspecified atom stereocenters. The van der Waals surface area contributed by atoms with Crippen LogP contribution in [0.4, 0.5) is 0 Å². The Hall–Kier alpha value is -2.57. The standard InChI is InChI=1S/C25H32N4O3/c1-16-23-27-20(10-22(30)26-14-21-3-2-6-32-21)15-28(23)4-5-29(16)24(31)25-11-17-7-18(12-25)9-19(8-17)13-25/h2-3,6,15-19H,4-5,7-14H2,1H3,(H,26,30). The molecule has 4 aliphatic carbocycles. The summed E-state index contributed by atoms with van der Waals surface area (Å²) in [5.41, 5.74) is 0.639. The number of nitrogens with one attached hydrogen (secondary N) is 1. The summed E-state index contributed by atoms with van der Waals surface area (Å²) >= 11 is 0. The van der Waals surface area contributed by atoms with E-state index in [1.165, 1.54) is 19.3 Å². The Bertz CT molecular complexity index is 989. The zero-order valence-corrected chi connectivity index (χ0v) is 18.8. The van der Waals surface area contributed by atoms with Crippen molar-refractivity contribution < 1.29 is 14.0 Å². The molecule has 1 aliphatic heterocycles. The van der Waals surface area contributed by atoms with Crippen LogP contribution in [0.3, 0.4) is 0 Å². The van der Waals surface area contributed by atoms with Crippen molar-refractivity contribution in [2.45, 2.75) is 71.0 Å². The van der Waals surface area contributed by atoms with Gasteiger partial charge in [-0.1, -0.05) is 0 Å². The summed E-state index contributed by atoms with van der Waals surface area (Å²) in [5.74, 6) is 4.22. The second-order valence-electron chi connectivity index (χ2n) is 10.7. The number of aromatic nitrogens is 2. The average molecular weight is 437 g/mol. The molecular formula is C25H32N4O3. The minimum absolute atomic E-state index is 0.0517. The fraction of sp³-hybridized carbons (Fsp3) is 0.640. The lowest BCUT2D eigenvalue weighted by atomic mass is 9.49. The fourth-order valence-electron chi connectivity index (χ4n) is 7.41. The Balaban J connectivity index is 1.14. The molecule has 5 aliphatic rings. The summed E-state index contributed by atoms with van der Waals surface area (Å²) in [4.78, 5) is 33.1. The van der Waals surface area contributed by atoms with Crippen molar-refractivity contribution in [2.75, 3.05) is 6.54 Å². The maximum absolute atomic E-state index is 13.9. The first kappa shape index (κ1) is 20.1. The number of fused-ring (bicyclic) bond motifs is 1. The highest BCUT2D eigenvalue weighted by atomic mass is 16.3. The lowest BCUT2D eigenvalue weighted by Gasteiger charge is -2.57. The molecule has 2 amide bonds. The van der Waals surface area contributed by atoms with Gasteiger partial charge in [-0.15, -0.1) is 0 Å². The summed E-state index contributed by atoms with van der Waals surface area (Å²) in [6.07, 6.45) is 11.1. The summed E-state index contributed by atoms with van der Waals surface area (Å²) in [6, 6.07) is 3.60. The van der Waals surface area contributed by atoms with Crippen molar-refractivity contribution in [3.63, 3.8) is 0 Å². The van der Waals surface area contributed by atoms with Crippen molar-refractivity contribution >= 4 is 11.8 Å². The van der Waals surface area contributed by atoms with E-state index in [0.29, 0.717) is 12.5 Å². The number of amides is 2. The van der Waals surface area contributed by atoms with Gasteiger partial charge < -0.3 is 19.2 Å². The normalized spacial score (nSPS) is 32.7. The fourth-order valence-corrected chi connectivity index (χ4v) is 7.41. The van der Waals surface area contributed by atoms with Gasteiger partial charge in [0.1, 0.15) is 11.6 Å². The van der Waals surface area contributed by atoms with Crippen LogP contribution in [0.1, 0.15) is 68.8 Å². The monoisotopic (exact) mass is 436 g/mol. The van der Waals surface area contributed by atoms with Crippen LogP contribution in [0.5, 0.6) is 0 Å². The smallest absolute Gasteiger partial charge is 0.229 e. The molecule has 0 saturated heterocycles. The van der Waals surface area contributed by atoms with Crippen LogP contribution in [-0.4, -0.2) is 32.8 Å². The lowest BCUT2D eigenvalue weighted by molar-refractivity contribution is -0.161. The van der Waals surface area contributed by atoms with Gasteiger partial charge in [0, 0.05) is 19.3 Å². The number of imidazole rings is 1. The largest absolute Gasteiger partial charge is 0.467 e. The van der Waals surface area contributed by atoms with E-state index >= 15 is 0 Å². The van der Waals surface area contributed by atoms with Gasteiger partial charge in [0.2, 0.25) is 11.8 Å². The van der Waals surface area contributed by atoms with Crippen LogP contribution in [0.2, 0.25) is 0 Å². The van der Waals surface area contributed by atoms with E-state index in [1.54, 1.807) is 6.26 Å². The van der Waals surface area contributed by atoms with E-state index in [0.717, 1.165) is 67.4 Å². The molecule has 4 fully saturated rings. The Kier molecular flexibility index (Phi) is 4.70. The van der Waals surface area contributed by atoms with Gasteiger partial charge in [-0.25, -0.2) is 4.98 Å². The Morgan fingerprint density at radius 2 is 1.88 bits per heavy atom. The minimum atomic E-state index is -0.119. The lowest BCUT2D eigenvalue weighted by Crippen LogP contribution is -2.56. The van der Waals surface area contributed by atoms with E-state index in [-0.39, 0.29) is 23.8 Å². The number of carbonyl (C=O) groups is 2. The van der Waals surface area contributed by atoms with E-state index in [1.807, 2.05) is 18.3 Å². The van der Waals surface area contributed by atoms with E-state index in [4.69, 9.17) is 9.40 Å². The van der Waals surface area contributed by atoms with Crippen LogP contribution < -0.4 is 5.32 Å². The molecule has 7 heteroatoms. The summed E-state index contributed by atoms with van der Waals surface area (Å²) in [5, 5.41) is 2.88. The first-order chi connectivity index (χ1) is 15.5. The van der Waals surface area contributed by atoms with Crippen LogP contribution >= 0.6 is 0 Å². The van der Waals surface area contributed by atoms with E-state index < -0.39 is 0 Å². The van der Waals surface area contributed by atoms with Crippen molar-refractivity contribution in [2.24, 2.45) is 23.2 Å². The molecule has 1 N–H and O–H groups in total. The Morgan fingerprint density at radius 3 is 2.53 bits per heavy atom. The SMILES string of the molecule is CC1c2nc(CC(=O)NCc3ccco3)cn2CCN1C(=O)C12CC3CC(CC(C3)C1)C2. The number of hydrogen-bond acceptors (Lipinski definition) is 4. The van der Waals surface area contributed by atoms with Crippen LogP contribution in [0, 0.1) is 23.2 Å². The highest BCUT2D eigenvalue weighted by molar-refractivity contribution is 5.84. The van der Waals surface area contributed by atoms with Gasteiger partial charge >= 0.3 is 0 Å². The number of hydrogen-bond donors (Lipinski definition) is 1. The maximum Gasteiger partial charge on any atom is 0.229 e. The molecule has 3 heterocycles. The van der Waals surface area contributed by atoms with E-state index in [9.17, 15) is 9.59 Å². The summed E-state index contributed by atoms with van der Waals surface area (Å²) in [6.45, 7) is 3.95. The highest BCUT2D eigenvalue weighted by Crippen LogP contribution is 2.61. The number of furan rings is 1. The number of nitrogens with zero attached hydrogens (tertiary/aromatic N) is 3. The average Bonchev–Trinajstić information content (AvgIpc) is 3.41. The van der Waals surface area contributed by atoms with Gasteiger partial charge in [0.15, 0.2) is 0 Å². The third kappa shape index (κ3) is 3.37. The molecule has 7 rings (SSSR count). The van der Waals surface area contributed by atoms with Crippen molar-refractivity contribution in [3.05, 3.63) is 41.9 Å². The molecular weight excluding hydrogens is 404 g/mol. The van der Waals surface area contributed by atoms with Gasteiger partial charge in [-0.05, 0) is 75.3 Å². The van der Waals surface area contributed by atoms with Gasteiger partial charge in [-0.3, -0.25) is 9.59 Å². The van der Waals surface area contributed by atoms with Crippen molar-refractivity contribution in [3.8, 4) is 0 Å². The van der Waals surface area contributed by atoms with Crippen molar-refractivity contribution in [1.29, 1.82) is 0 Å². The molecule has 1 atom stereocenters. The first-order valence-corrected chi connectivity index (χ1v) is 12.2. The van der Waals surface area contributed by atoms with Gasteiger partial charge in [0.25, 0.3) is 0 Å². The van der Waals surface area contributed by atoms with Gasteiger partial charge in [0.05, 0.1) is 36.4 Å². The van der Waals surface area contributed by atoms with Crippen molar-refractivity contribution in [1.82, 2.24) is 19.8 Å². The molecule has 0 radical (unpaired) electrons. The Labute approximate surface area is 188 Å². The minimum Gasteiger partial charge on any atom is -0.467 e. The summed E-state index contributed by atoms with van der Waals surface area (Å²) in [7, 11) is 0. The van der Waals surface area contributed by atoms with E-state index in [2.05, 4.69) is 21.7 Å². The third-order valence-corrected chi connectivity index (χ3v) is 8.41. The quantitative estimate of drug-likeness (QED) is 0.778. The number of carbonyl (C=O) groups excluding carboxylic acids is 2. The zero-order valence-electron chi connectivity index (χ0n) is 18.8. The predicted octanol–water partition coefficient (Wildman–Crippen LogP) is 3.45. The molecule has 0 aromatic carbocycles. The maximum atomic E-state index is 13.9. The molecule has 170 valence electrons. The predicted molar refractivity (Wildman–Crippen MR) is 117 cm³/mol. The highest BCUT2D eigenvalue weighted by Gasteiger charge is 2.56. The number of rotatable bonds is 5. The van der Waals surface area contributed by atoms with Crippen LogP contribution in [0.15, 0.2) is 29.0 Å².